The predicted molar refractivity (Wildman–Crippen MR) is 111 cm³/mol. The molecular formula is C21H23BrN4O. The van der Waals surface area contributed by atoms with Gasteiger partial charge in [0.15, 0.2) is 0 Å². The normalized spacial score (nSPS) is 19.5. The summed E-state index contributed by atoms with van der Waals surface area (Å²) in [5.41, 5.74) is 11.1. The molecule has 4 rings (SSSR count). The summed E-state index contributed by atoms with van der Waals surface area (Å²) in [6.45, 7) is 5.26. The molecule has 140 valence electrons. The van der Waals surface area contributed by atoms with Gasteiger partial charge in [0.25, 0.3) is 5.91 Å². The van der Waals surface area contributed by atoms with Crippen molar-refractivity contribution >= 4 is 32.7 Å². The van der Waals surface area contributed by atoms with E-state index in [1.807, 2.05) is 24.3 Å². The number of fused-ring (bicyclic) bond motifs is 1. The van der Waals surface area contributed by atoms with Crippen molar-refractivity contribution in [1.82, 2.24) is 20.7 Å². The van der Waals surface area contributed by atoms with Gasteiger partial charge in [0.2, 0.25) is 0 Å². The third kappa shape index (κ3) is 3.29. The van der Waals surface area contributed by atoms with E-state index in [2.05, 4.69) is 74.8 Å². The van der Waals surface area contributed by atoms with Crippen LogP contribution in [0.3, 0.4) is 0 Å². The molecule has 3 aromatic rings. The molecule has 1 fully saturated rings. The van der Waals surface area contributed by atoms with Crippen LogP contribution in [0.5, 0.6) is 0 Å². The smallest absolute Gasteiger partial charge is 0.253 e. The molecule has 0 saturated carbocycles. The Morgan fingerprint density at radius 1 is 1.19 bits per heavy atom. The second-order valence-electron chi connectivity index (χ2n) is 6.85. The monoisotopic (exact) mass is 426 g/mol. The summed E-state index contributed by atoms with van der Waals surface area (Å²) < 4.78 is 3.16. The summed E-state index contributed by atoms with van der Waals surface area (Å²) in [5.74, 6) is -0.0878. The lowest BCUT2D eigenvalue weighted by Crippen LogP contribution is -2.44. The number of carbonyl (C=O) groups is 1. The number of nitrogens with one attached hydrogen (secondary N) is 3. The minimum atomic E-state index is -0.127. The summed E-state index contributed by atoms with van der Waals surface area (Å²) in [6.07, 6.45) is 0.658. The Balaban J connectivity index is 1.55. The average molecular weight is 427 g/mol. The third-order valence-corrected chi connectivity index (χ3v) is 5.94. The molecule has 2 heterocycles. The highest BCUT2D eigenvalue weighted by Gasteiger charge is 2.30. The van der Waals surface area contributed by atoms with Crippen molar-refractivity contribution in [2.45, 2.75) is 39.0 Å². The topological polar surface area (TPSA) is 58.1 Å². The lowest BCUT2D eigenvalue weighted by atomic mass is 10.1. The molecule has 1 saturated heterocycles. The number of aromatic nitrogens is 1. The van der Waals surface area contributed by atoms with Gasteiger partial charge in [-0.15, -0.1) is 0 Å². The van der Waals surface area contributed by atoms with Crippen LogP contribution in [0.25, 0.3) is 10.9 Å². The van der Waals surface area contributed by atoms with Crippen LogP contribution in [0, 0.1) is 6.92 Å². The number of rotatable bonds is 4. The lowest BCUT2D eigenvalue weighted by Gasteiger charge is -2.15. The lowest BCUT2D eigenvalue weighted by molar-refractivity contribution is 0.0931. The minimum Gasteiger partial charge on any atom is -0.343 e. The first-order valence-electron chi connectivity index (χ1n) is 9.24. The van der Waals surface area contributed by atoms with Crippen molar-refractivity contribution in [2.75, 3.05) is 0 Å². The number of benzene rings is 2. The molecule has 2 aromatic carbocycles. The summed E-state index contributed by atoms with van der Waals surface area (Å²) in [6, 6.07) is 16.1. The number of hydrazine groups is 1. The number of amides is 1. The highest BCUT2D eigenvalue weighted by molar-refractivity contribution is 9.10. The molecule has 1 aliphatic rings. The molecule has 27 heavy (non-hydrogen) atoms. The predicted octanol–water partition coefficient (Wildman–Crippen LogP) is 4.03. The van der Waals surface area contributed by atoms with E-state index in [0.29, 0.717) is 5.56 Å². The number of aryl methyl sites for hydroxylation is 2. The molecule has 1 aromatic heterocycles. The molecule has 2 unspecified atom stereocenters. The van der Waals surface area contributed by atoms with Crippen molar-refractivity contribution in [3.63, 3.8) is 0 Å². The molecule has 6 heteroatoms. The molecule has 0 spiro atoms. The van der Waals surface area contributed by atoms with Crippen LogP contribution >= 0.6 is 15.9 Å². The molecule has 0 radical (unpaired) electrons. The van der Waals surface area contributed by atoms with Gasteiger partial charge in [-0.05, 0) is 53.5 Å². The van der Waals surface area contributed by atoms with Gasteiger partial charge in [0, 0.05) is 34.0 Å². The Kier molecular flexibility index (Phi) is 5.04. The van der Waals surface area contributed by atoms with Gasteiger partial charge in [0.05, 0.1) is 17.8 Å². The molecule has 3 N–H and O–H groups in total. The Morgan fingerprint density at radius 2 is 1.93 bits per heavy atom. The van der Waals surface area contributed by atoms with E-state index in [9.17, 15) is 4.79 Å². The number of carbonyl (C=O) groups excluding carboxylic acids is 1. The standard InChI is InChI=1S/C21H23BrN4O/c1-3-26-18-11-7-5-8-14(18)13(2)20(26)17-12-19(25-24-17)23-21(27)15-9-4-6-10-16(15)22/h4-11,17,19,24-25H,3,12H2,1-2H3,(H,23,27). The number of hydrogen-bond donors (Lipinski definition) is 3. The molecule has 1 amide bonds. The first kappa shape index (κ1) is 18.2. The maximum absolute atomic E-state index is 12.6. The second-order valence-corrected chi connectivity index (χ2v) is 7.71. The van der Waals surface area contributed by atoms with Crippen LogP contribution in [-0.2, 0) is 6.54 Å². The van der Waals surface area contributed by atoms with Crippen molar-refractivity contribution < 1.29 is 4.79 Å². The maximum atomic E-state index is 12.6. The van der Waals surface area contributed by atoms with Gasteiger partial charge < -0.3 is 9.88 Å². The fraction of sp³-hybridized carbons (Fsp3) is 0.286. The third-order valence-electron chi connectivity index (χ3n) is 5.25. The number of para-hydroxylation sites is 1. The van der Waals surface area contributed by atoms with Crippen LogP contribution in [0.15, 0.2) is 53.0 Å². The van der Waals surface area contributed by atoms with Crippen molar-refractivity contribution in [1.29, 1.82) is 0 Å². The van der Waals surface area contributed by atoms with Crippen LogP contribution < -0.4 is 16.2 Å². The maximum Gasteiger partial charge on any atom is 0.253 e. The highest BCUT2D eigenvalue weighted by atomic mass is 79.9. The first-order chi connectivity index (χ1) is 13.1. The van der Waals surface area contributed by atoms with E-state index in [-0.39, 0.29) is 18.1 Å². The SMILES string of the molecule is CCn1c(C2CC(NC(=O)c3ccccc3Br)NN2)c(C)c2ccccc21. The van der Waals surface area contributed by atoms with Crippen molar-refractivity contribution in [3.8, 4) is 0 Å². The van der Waals surface area contributed by atoms with E-state index in [1.54, 1.807) is 0 Å². The zero-order valence-corrected chi connectivity index (χ0v) is 17.0. The molecule has 0 aliphatic carbocycles. The zero-order chi connectivity index (χ0) is 19.0. The molecule has 1 aliphatic heterocycles. The first-order valence-corrected chi connectivity index (χ1v) is 10.0. The van der Waals surface area contributed by atoms with Gasteiger partial charge in [-0.1, -0.05) is 30.3 Å². The minimum absolute atomic E-state index is 0.0878. The Labute approximate surface area is 167 Å². The Morgan fingerprint density at radius 3 is 2.70 bits per heavy atom. The summed E-state index contributed by atoms with van der Waals surface area (Å²) >= 11 is 3.44. The van der Waals surface area contributed by atoms with Crippen LogP contribution in [-0.4, -0.2) is 16.6 Å². The Bertz CT molecular complexity index is 997. The average Bonchev–Trinajstić information content (AvgIpc) is 3.24. The van der Waals surface area contributed by atoms with E-state index < -0.39 is 0 Å². The van der Waals surface area contributed by atoms with E-state index in [1.165, 1.54) is 22.2 Å². The van der Waals surface area contributed by atoms with Gasteiger partial charge >= 0.3 is 0 Å². The fourth-order valence-electron chi connectivity index (χ4n) is 4.00. The Hall–Kier alpha value is -2.15. The summed E-state index contributed by atoms with van der Waals surface area (Å²) in [7, 11) is 0. The van der Waals surface area contributed by atoms with Crippen LogP contribution in [0.2, 0.25) is 0 Å². The van der Waals surface area contributed by atoms with E-state index in [4.69, 9.17) is 0 Å². The van der Waals surface area contributed by atoms with Gasteiger partial charge in [-0.2, -0.15) is 0 Å². The molecule has 2 atom stereocenters. The van der Waals surface area contributed by atoms with E-state index in [0.717, 1.165) is 17.4 Å². The van der Waals surface area contributed by atoms with Crippen molar-refractivity contribution in [2.24, 2.45) is 0 Å². The zero-order valence-electron chi connectivity index (χ0n) is 15.4. The van der Waals surface area contributed by atoms with Gasteiger partial charge in [0.1, 0.15) is 0 Å². The molecule has 0 bridgehead atoms. The fourth-order valence-corrected chi connectivity index (χ4v) is 4.46. The quantitative estimate of drug-likeness (QED) is 0.590. The van der Waals surface area contributed by atoms with E-state index >= 15 is 0 Å². The van der Waals surface area contributed by atoms with Crippen LogP contribution in [0.4, 0.5) is 0 Å². The highest BCUT2D eigenvalue weighted by Crippen LogP contribution is 2.33. The van der Waals surface area contributed by atoms with Gasteiger partial charge in [-0.25, -0.2) is 10.9 Å². The number of nitrogens with zero attached hydrogens (tertiary/aromatic N) is 1. The van der Waals surface area contributed by atoms with Gasteiger partial charge in [-0.3, -0.25) is 4.79 Å². The van der Waals surface area contributed by atoms with Crippen LogP contribution in [0.1, 0.15) is 41.0 Å². The number of hydrogen-bond acceptors (Lipinski definition) is 3. The molecular weight excluding hydrogens is 404 g/mol. The largest absolute Gasteiger partial charge is 0.343 e. The second kappa shape index (κ2) is 7.46. The summed E-state index contributed by atoms with van der Waals surface area (Å²) in [4.78, 5) is 12.6. The van der Waals surface area contributed by atoms with Crippen molar-refractivity contribution in [3.05, 3.63) is 69.8 Å². The molecule has 5 nitrogen and oxygen atoms in total. The number of halogens is 1. The summed E-state index contributed by atoms with van der Waals surface area (Å²) in [5, 5.41) is 4.36.